The molecule has 0 fully saturated rings. The molecule has 0 aliphatic carbocycles. The summed E-state index contributed by atoms with van der Waals surface area (Å²) >= 11 is 1.44. The molecular formula is C14H13NO4S. The number of nitrogens with one attached hydrogen (secondary N) is 1. The van der Waals surface area contributed by atoms with E-state index in [1.807, 2.05) is 5.38 Å². The third-order valence-electron chi connectivity index (χ3n) is 2.83. The van der Waals surface area contributed by atoms with Crippen LogP contribution in [0.2, 0.25) is 0 Å². The number of thiophene rings is 1. The van der Waals surface area contributed by atoms with Crippen LogP contribution in [0.4, 0.5) is 0 Å². The third-order valence-corrected chi connectivity index (χ3v) is 3.54. The first kappa shape index (κ1) is 14.2. The van der Waals surface area contributed by atoms with E-state index >= 15 is 0 Å². The van der Waals surface area contributed by atoms with Crippen LogP contribution in [0.15, 0.2) is 41.1 Å². The average molecular weight is 291 g/mol. The van der Waals surface area contributed by atoms with Gasteiger partial charge in [-0.2, -0.15) is 11.3 Å². The Balaban J connectivity index is 2.03. The highest BCUT2D eigenvalue weighted by molar-refractivity contribution is 7.08. The van der Waals surface area contributed by atoms with Crippen LogP contribution in [0, 0.1) is 0 Å². The molecule has 1 aromatic carbocycles. The van der Waals surface area contributed by atoms with Crippen LogP contribution in [-0.2, 0) is 11.3 Å². The number of carboxylic acid groups (broad SMARTS) is 2. The standard InChI is InChI=1S/C14H13NO4S/c16-13(17)10-3-1-9(2-4-10)7-15-12(14(18)19)11-5-6-20-8-11/h1-6,8,12,15H,7H2,(H,16,17)(H,18,19). The Morgan fingerprint density at radius 1 is 1.15 bits per heavy atom. The molecule has 0 amide bonds. The normalized spacial score (nSPS) is 12.0. The summed E-state index contributed by atoms with van der Waals surface area (Å²) in [6.45, 7) is 0.354. The van der Waals surface area contributed by atoms with E-state index in [4.69, 9.17) is 5.11 Å². The Morgan fingerprint density at radius 2 is 1.85 bits per heavy atom. The number of rotatable bonds is 6. The summed E-state index contributed by atoms with van der Waals surface area (Å²) in [4.78, 5) is 22.0. The number of aromatic carboxylic acids is 1. The van der Waals surface area contributed by atoms with Gasteiger partial charge < -0.3 is 10.2 Å². The number of carbonyl (C=O) groups is 2. The molecular weight excluding hydrogens is 278 g/mol. The molecule has 0 spiro atoms. The molecule has 1 unspecified atom stereocenters. The van der Waals surface area contributed by atoms with E-state index in [2.05, 4.69) is 5.32 Å². The second-order valence-electron chi connectivity index (χ2n) is 4.21. The fourth-order valence-electron chi connectivity index (χ4n) is 1.77. The molecule has 0 aliphatic rings. The predicted octanol–water partition coefficient (Wildman–Crippen LogP) is 2.36. The zero-order valence-electron chi connectivity index (χ0n) is 10.4. The van der Waals surface area contributed by atoms with Crippen molar-refractivity contribution in [1.82, 2.24) is 5.32 Å². The van der Waals surface area contributed by atoms with Crippen LogP contribution in [-0.4, -0.2) is 22.2 Å². The Hall–Kier alpha value is -2.18. The lowest BCUT2D eigenvalue weighted by Gasteiger charge is -2.13. The summed E-state index contributed by atoms with van der Waals surface area (Å²) in [5.74, 6) is -1.92. The van der Waals surface area contributed by atoms with Gasteiger partial charge in [0, 0.05) is 6.54 Å². The number of carboxylic acids is 2. The quantitative estimate of drug-likeness (QED) is 0.760. The van der Waals surface area contributed by atoms with Gasteiger partial charge in [-0.1, -0.05) is 12.1 Å². The van der Waals surface area contributed by atoms with E-state index in [0.29, 0.717) is 12.1 Å². The lowest BCUT2D eigenvalue weighted by Crippen LogP contribution is -2.27. The largest absolute Gasteiger partial charge is 0.480 e. The van der Waals surface area contributed by atoms with Gasteiger partial charge in [0.25, 0.3) is 0 Å². The molecule has 1 aromatic heterocycles. The highest BCUT2D eigenvalue weighted by atomic mass is 32.1. The van der Waals surface area contributed by atoms with Crippen LogP contribution < -0.4 is 5.32 Å². The molecule has 3 N–H and O–H groups in total. The van der Waals surface area contributed by atoms with Gasteiger partial charge in [-0.25, -0.2) is 4.79 Å². The van der Waals surface area contributed by atoms with E-state index in [1.54, 1.807) is 23.6 Å². The lowest BCUT2D eigenvalue weighted by molar-refractivity contribution is -0.139. The van der Waals surface area contributed by atoms with Crippen molar-refractivity contribution in [2.24, 2.45) is 0 Å². The number of hydrogen-bond acceptors (Lipinski definition) is 4. The molecule has 0 saturated carbocycles. The third kappa shape index (κ3) is 3.43. The van der Waals surface area contributed by atoms with Crippen molar-refractivity contribution in [2.45, 2.75) is 12.6 Å². The lowest BCUT2D eigenvalue weighted by atomic mass is 10.1. The van der Waals surface area contributed by atoms with Crippen molar-refractivity contribution in [3.05, 3.63) is 57.8 Å². The highest BCUT2D eigenvalue weighted by Crippen LogP contribution is 2.17. The van der Waals surface area contributed by atoms with Gasteiger partial charge in [0.1, 0.15) is 6.04 Å². The molecule has 104 valence electrons. The first-order chi connectivity index (χ1) is 9.58. The second-order valence-corrected chi connectivity index (χ2v) is 4.99. The summed E-state index contributed by atoms with van der Waals surface area (Å²) in [6.07, 6.45) is 0. The van der Waals surface area contributed by atoms with Crippen molar-refractivity contribution >= 4 is 23.3 Å². The Morgan fingerprint density at radius 3 is 2.35 bits per heavy atom. The molecule has 1 atom stereocenters. The maximum atomic E-state index is 11.2. The van der Waals surface area contributed by atoms with Crippen molar-refractivity contribution in [2.75, 3.05) is 0 Å². The molecule has 0 radical (unpaired) electrons. The molecule has 0 bridgehead atoms. The summed E-state index contributed by atoms with van der Waals surface area (Å²) in [5.41, 5.74) is 1.75. The van der Waals surface area contributed by atoms with Crippen LogP contribution in [0.3, 0.4) is 0 Å². The van der Waals surface area contributed by atoms with Gasteiger partial charge in [0.05, 0.1) is 5.56 Å². The number of benzene rings is 1. The Bertz CT molecular complexity index is 592. The van der Waals surface area contributed by atoms with Gasteiger partial charge in [0.15, 0.2) is 0 Å². The number of hydrogen-bond donors (Lipinski definition) is 3. The topological polar surface area (TPSA) is 86.6 Å². The number of aliphatic carboxylic acids is 1. The molecule has 2 rings (SSSR count). The van der Waals surface area contributed by atoms with Crippen molar-refractivity contribution in [3.8, 4) is 0 Å². The molecule has 2 aromatic rings. The summed E-state index contributed by atoms with van der Waals surface area (Å²) in [6, 6.07) is 7.34. The van der Waals surface area contributed by atoms with Crippen molar-refractivity contribution in [3.63, 3.8) is 0 Å². The van der Waals surface area contributed by atoms with Crippen LogP contribution in [0.25, 0.3) is 0 Å². The summed E-state index contributed by atoms with van der Waals surface area (Å²) in [7, 11) is 0. The summed E-state index contributed by atoms with van der Waals surface area (Å²) in [5, 5.41) is 24.6. The fourth-order valence-corrected chi connectivity index (χ4v) is 2.46. The molecule has 0 saturated heterocycles. The molecule has 0 aliphatic heterocycles. The van der Waals surface area contributed by atoms with Gasteiger partial charge in [0.2, 0.25) is 0 Å². The maximum Gasteiger partial charge on any atom is 0.335 e. The van der Waals surface area contributed by atoms with Crippen LogP contribution in [0.5, 0.6) is 0 Å². The zero-order chi connectivity index (χ0) is 14.5. The van der Waals surface area contributed by atoms with E-state index in [9.17, 15) is 14.7 Å². The van der Waals surface area contributed by atoms with Crippen LogP contribution >= 0.6 is 11.3 Å². The van der Waals surface area contributed by atoms with E-state index in [-0.39, 0.29) is 5.56 Å². The Labute approximate surface area is 119 Å². The van der Waals surface area contributed by atoms with E-state index in [0.717, 1.165) is 5.56 Å². The first-order valence-electron chi connectivity index (χ1n) is 5.88. The monoisotopic (exact) mass is 291 g/mol. The molecule has 20 heavy (non-hydrogen) atoms. The minimum Gasteiger partial charge on any atom is -0.480 e. The van der Waals surface area contributed by atoms with Gasteiger partial charge in [-0.05, 0) is 40.1 Å². The zero-order valence-corrected chi connectivity index (χ0v) is 11.3. The van der Waals surface area contributed by atoms with E-state index in [1.165, 1.54) is 23.5 Å². The van der Waals surface area contributed by atoms with Gasteiger partial charge >= 0.3 is 11.9 Å². The van der Waals surface area contributed by atoms with Gasteiger partial charge in [-0.3, -0.25) is 10.1 Å². The molecule has 6 heteroatoms. The first-order valence-corrected chi connectivity index (χ1v) is 6.82. The van der Waals surface area contributed by atoms with Gasteiger partial charge in [-0.15, -0.1) is 0 Å². The SMILES string of the molecule is O=C(O)c1ccc(CNC(C(=O)O)c2ccsc2)cc1. The molecule has 1 heterocycles. The minimum atomic E-state index is -0.980. The fraction of sp³-hybridized carbons (Fsp3) is 0.143. The van der Waals surface area contributed by atoms with Crippen molar-refractivity contribution < 1.29 is 19.8 Å². The Kier molecular flexibility index (Phi) is 4.49. The maximum absolute atomic E-state index is 11.2. The second kappa shape index (κ2) is 6.31. The predicted molar refractivity (Wildman–Crippen MR) is 74.9 cm³/mol. The highest BCUT2D eigenvalue weighted by Gasteiger charge is 2.19. The molecule has 5 nitrogen and oxygen atoms in total. The smallest absolute Gasteiger partial charge is 0.335 e. The summed E-state index contributed by atoms with van der Waals surface area (Å²) < 4.78 is 0. The van der Waals surface area contributed by atoms with Crippen LogP contribution in [0.1, 0.15) is 27.5 Å². The minimum absolute atomic E-state index is 0.210. The van der Waals surface area contributed by atoms with Crippen molar-refractivity contribution in [1.29, 1.82) is 0 Å². The average Bonchev–Trinajstić information content (AvgIpc) is 2.93. The van der Waals surface area contributed by atoms with E-state index < -0.39 is 18.0 Å².